The molecule has 26 heavy (non-hydrogen) atoms. The number of nitrogens with two attached hydrogens (primary N) is 1. The first-order valence-corrected chi connectivity index (χ1v) is 8.37. The van der Waals surface area contributed by atoms with Crippen molar-refractivity contribution in [3.05, 3.63) is 72.6 Å². The summed E-state index contributed by atoms with van der Waals surface area (Å²) in [6, 6.07) is 20.1. The second kappa shape index (κ2) is 10.6. The number of nitrogens with one attached hydrogen (secondary N) is 1. The molecule has 0 aliphatic carbocycles. The summed E-state index contributed by atoms with van der Waals surface area (Å²) in [5, 5.41) is 5.35. The van der Waals surface area contributed by atoms with Crippen LogP contribution < -0.4 is 15.8 Å². The Labute approximate surface area is 170 Å². The molecule has 136 valence electrons. The van der Waals surface area contributed by atoms with Crippen molar-refractivity contribution in [1.82, 2.24) is 10.3 Å². The number of halogens is 1. The van der Waals surface area contributed by atoms with E-state index in [1.807, 2.05) is 42.5 Å². The van der Waals surface area contributed by atoms with Gasteiger partial charge in [-0.2, -0.15) is 0 Å². The number of nitrogens with zero attached hydrogens (tertiary/aromatic N) is 2. The summed E-state index contributed by atoms with van der Waals surface area (Å²) in [5.41, 5.74) is 6.88. The standard InChI is InChI=1S/C20H22N4O.HI/c21-20(23-13-11-17-8-3-4-12-22-17)24-14-15-25-19-10-5-7-16-6-1-2-9-18(16)19;/h1-10,12H,11,13-15H2,(H3,21,23,24);1H. The lowest BCUT2D eigenvalue weighted by Crippen LogP contribution is -2.35. The highest BCUT2D eigenvalue weighted by atomic mass is 127. The molecule has 3 aromatic rings. The molecule has 3 rings (SSSR count). The van der Waals surface area contributed by atoms with Crippen molar-refractivity contribution < 1.29 is 4.74 Å². The number of rotatable bonds is 7. The van der Waals surface area contributed by atoms with E-state index in [0.717, 1.165) is 23.3 Å². The van der Waals surface area contributed by atoms with Gasteiger partial charge in [-0.25, -0.2) is 0 Å². The smallest absolute Gasteiger partial charge is 0.188 e. The van der Waals surface area contributed by atoms with Gasteiger partial charge in [0.2, 0.25) is 0 Å². The van der Waals surface area contributed by atoms with Gasteiger partial charge in [0.25, 0.3) is 0 Å². The van der Waals surface area contributed by atoms with Crippen LogP contribution in [0.4, 0.5) is 0 Å². The van der Waals surface area contributed by atoms with Gasteiger partial charge in [0.15, 0.2) is 5.96 Å². The molecule has 0 unspecified atom stereocenters. The zero-order chi connectivity index (χ0) is 17.3. The molecule has 0 amide bonds. The third kappa shape index (κ3) is 5.87. The van der Waals surface area contributed by atoms with Gasteiger partial charge in [-0.15, -0.1) is 24.0 Å². The van der Waals surface area contributed by atoms with Crippen molar-refractivity contribution in [2.75, 3.05) is 19.7 Å². The molecule has 0 aliphatic heterocycles. The van der Waals surface area contributed by atoms with E-state index in [-0.39, 0.29) is 24.0 Å². The Hall–Kier alpha value is -2.35. The van der Waals surface area contributed by atoms with Crippen molar-refractivity contribution in [1.29, 1.82) is 0 Å². The Morgan fingerprint density at radius 2 is 1.85 bits per heavy atom. The van der Waals surface area contributed by atoms with Gasteiger partial charge >= 0.3 is 0 Å². The molecule has 6 heteroatoms. The molecule has 1 aromatic heterocycles. The van der Waals surface area contributed by atoms with Crippen LogP contribution in [0, 0.1) is 0 Å². The van der Waals surface area contributed by atoms with Crippen LogP contribution in [0.3, 0.4) is 0 Å². The van der Waals surface area contributed by atoms with E-state index in [9.17, 15) is 0 Å². The molecule has 0 spiro atoms. The van der Waals surface area contributed by atoms with Gasteiger partial charge < -0.3 is 15.8 Å². The zero-order valence-corrected chi connectivity index (χ0v) is 16.8. The summed E-state index contributed by atoms with van der Waals surface area (Å²) in [6.07, 6.45) is 2.56. The largest absolute Gasteiger partial charge is 0.491 e. The summed E-state index contributed by atoms with van der Waals surface area (Å²) >= 11 is 0. The Balaban J connectivity index is 0.00000243. The minimum absolute atomic E-state index is 0. The number of aliphatic imine (C=N–C) groups is 1. The normalized spacial score (nSPS) is 11.0. The van der Waals surface area contributed by atoms with Crippen LogP contribution in [-0.4, -0.2) is 30.6 Å². The van der Waals surface area contributed by atoms with Gasteiger partial charge in [0.1, 0.15) is 12.4 Å². The summed E-state index contributed by atoms with van der Waals surface area (Å²) in [6.45, 7) is 1.73. The maximum atomic E-state index is 5.87. The highest BCUT2D eigenvalue weighted by Crippen LogP contribution is 2.24. The van der Waals surface area contributed by atoms with Crippen molar-refractivity contribution >= 4 is 40.7 Å². The SMILES string of the molecule is I.NC(=NCCc1ccccn1)NCCOc1cccc2ccccc12. The van der Waals surface area contributed by atoms with Crippen LogP contribution in [0.25, 0.3) is 10.8 Å². The number of hydrogen-bond acceptors (Lipinski definition) is 3. The molecule has 0 fully saturated rings. The van der Waals surface area contributed by atoms with Gasteiger partial charge in [0, 0.05) is 30.2 Å². The fourth-order valence-corrected chi connectivity index (χ4v) is 2.55. The highest BCUT2D eigenvalue weighted by Gasteiger charge is 2.01. The van der Waals surface area contributed by atoms with Crippen LogP contribution >= 0.6 is 24.0 Å². The molecule has 0 saturated heterocycles. The highest BCUT2D eigenvalue weighted by molar-refractivity contribution is 14.0. The Morgan fingerprint density at radius 3 is 2.69 bits per heavy atom. The predicted octanol–water partition coefficient (Wildman–Crippen LogP) is 3.38. The second-order valence-corrected chi connectivity index (χ2v) is 5.59. The molecule has 0 saturated carbocycles. The van der Waals surface area contributed by atoms with E-state index >= 15 is 0 Å². The maximum absolute atomic E-state index is 5.87. The zero-order valence-electron chi connectivity index (χ0n) is 14.5. The Bertz CT molecular complexity index is 834. The molecule has 5 nitrogen and oxygen atoms in total. The summed E-state index contributed by atoms with van der Waals surface area (Å²) in [7, 11) is 0. The van der Waals surface area contributed by atoms with Crippen LogP contribution in [0.5, 0.6) is 5.75 Å². The molecular formula is C20H23IN4O. The van der Waals surface area contributed by atoms with E-state index in [4.69, 9.17) is 10.5 Å². The second-order valence-electron chi connectivity index (χ2n) is 5.59. The third-order valence-electron chi connectivity index (χ3n) is 3.79. The van der Waals surface area contributed by atoms with Gasteiger partial charge in [-0.3, -0.25) is 9.98 Å². The van der Waals surface area contributed by atoms with E-state index in [0.29, 0.717) is 25.7 Å². The first-order chi connectivity index (χ1) is 12.3. The average Bonchev–Trinajstić information content (AvgIpc) is 2.66. The van der Waals surface area contributed by atoms with Crippen molar-refractivity contribution in [2.24, 2.45) is 10.7 Å². The molecule has 0 aliphatic rings. The fourth-order valence-electron chi connectivity index (χ4n) is 2.55. The number of fused-ring (bicyclic) bond motifs is 1. The van der Waals surface area contributed by atoms with E-state index in [1.165, 1.54) is 5.39 Å². The molecule has 0 bridgehead atoms. The monoisotopic (exact) mass is 462 g/mol. The maximum Gasteiger partial charge on any atom is 0.188 e. The van der Waals surface area contributed by atoms with E-state index in [2.05, 4.69) is 33.5 Å². The summed E-state index contributed by atoms with van der Waals surface area (Å²) in [5.74, 6) is 1.31. The summed E-state index contributed by atoms with van der Waals surface area (Å²) < 4.78 is 5.86. The van der Waals surface area contributed by atoms with E-state index in [1.54, 1.807) is 6.20 Å². The third-order valence-corrected chi connectivity index (χ3v) is 3.79. The Morgan fingerprint density at radius 1 is 1.04 bits per heavy atom. The number of pyridine rings is 1. The lowest BCUT2D eigenvalue weighted by molar-refractivity contribution is 0.326. The lowest BCUT2D eigenvalue weighted by Gasteiger charge is -2.10. The molecule has 0 atom stereocenters. The van der Waals surface area contributed by atoms with Crippen LogP contribution in [0.15, 0.2) is 71.9 Å². The first-order valence-electron chi connectivity index (χ1n) is 8.37. The van der Waals surface area contributed by atoms with Crippen molar-refractivity contribution in [3.63, 3.8) is 0 Å². The molecule has 1 heterocycles. The minimum Gasteiger partial charge on any atom is -0.491 e. The van der Waals surface area contributed by atoms with Gasteiger partial charge in [-0.05, 0) is 23.6 Å². The number of benzene rings is 2. The summed E-state index contributed by atoms with van der Waals surface area (Å²) in [4.78, 5) is 8.56. The Kier molecular flexibility index (Phi) is 8.14. The molecule has 0 radical (unpaired) electrons. The number of hydrogen-bond donors (Lipinski definition) is 2. The molecule has 2 aromatic carbocycles. The van der Waals surface area contributed by atoms with Crippen molar-refractivity contribution in [2.45, 2.75) is 6.42 Å². The van der Waals surface area contributed by atoms with Crippen LogP contribution in [0.2, 0.25) is 0 Å². The molecular weight excluding hydrogens is 439 g/mol. The minimum atomic E-state index is 0. The number of aromatic nitrogens is 1. The predicted molar refractivity (Wildman–Crippen MR) is 117 cm³/mol. The molecule has 3 N–H and O–H groups in total. The van der Waals surface area contributed by atoms with Gasteiger partial charge in [-0.1, -0.05) is 42.5 Å². The fraction of sp³-hybridized carbons (Fsp3) is 0.200. The lowest BCUT2D eigenvalue weighted by atomic mass is 10.1. The van der Waals surface area contributed by atoms with Gasteiger partial charge in [0.05, 0.1) is 6.54 Å². The van der Waals surface area contributed by atoms with Crippen molar-refractivity contribution in [3.8, 4) is 5.75 Å². The van der Waals surface area contributed by atoms with Crippen LogP contribution in [0.1, 0.15) is 5.69 Å². The first kappa shape index (κ1) is 20.0. The number of ether oxygens (including phenoxy) is 1. The quantitative estimate of drug-likeness (QED) is 0.245. The van der Waals surface area contributed by atoms with Crippen LogP contribution in [-0.2, 0) is 6.42 Å². The topological polar surface area (TPSA) is 72.5 Å². The van der Waals surface area contributed by atoms with E-state index < -0.39 is 0 Å². The average molecular weight is 462 g/mol. The number of guanidine groups is 1.